The quantitative estimate of drug-likeness (QED) is 0.918. The Hall–Kier alpha value is -1.17. The highest BCUT2D eigenvalue weighted by atomic mass is 16.5. The minimum atomic E-state index is -0.179. The fourth-order valence-electron chi connectivity index (χ4n) is 3.37. The van der Waals surface area contributed by atoms with Crippen LogP contribution in [0, 0.1) is 0 Å². The molecule has 0 amide bonds. The average Bonchev–Trinajstić information content (AvgIpc) is 2.52. The van der Waals surface area contributed by atoms with Crippen molar-refractivity contribution in [2.45, 2.75) is 51.4 Å². The summed E-state index contributed by atoms with van der Waals surface area (Å²) in [5, 5.41) is 9.58. The molecule has 5 nitrogen and oxygen atoms in total. The van der Waals surface area contributed by atoms with Gasteiger partial charge in [0.15, 0.2) is 0 Å². The lowest BCUT2D eigenvalue weighted by atomic mass is 9.89. The molecule has 23 heavy (non-hydrogen) atoms. The summed E-state index contributed by atoms with van der Waals surface area (Å²) >= 11 is 0. The van der Waals surface area contributed by atoms with Crippen LogP contribution < -0.4 is 4.90 Å². The summed E-state index contributed by atoms with van der Waals surface area (Å²) in [5.74, 6) is 0.457. The summed E-state index contributed by atoms with van der Waals surface area (Å²) in [6.45, 7) is 12.7. The van der Waals surface area contributed by atoms with Gasteiger partial charge in [-0.1, -0.05) is 13.8 Å². The number of morpholine rings is 1. The molecule has 2 fully saturated rings. The maximum Gasteiger partial charge on any atom is 0.0928 e. The van der Waals surface area contributed by atoms with Crippen LogP contribution in [-0.4, -0.2) is 65.5 Å². The second-order valence-corrected chi connectivity index (χ2v) is 7.61. The SMILES string of the molecule is CC(C)c1ccc(N2CCO[C@@H](C(C)(C)N3CC(O)C3)C2)cn1. The van der Waals surface area contributed by atoms with E-state index < -0.39 is 0 Å². The van der Waals surface area contributed by atoms with Gasteiger partial charge in [-0.2, -0.15) is 0 Å². The largest absolute Gasteiger partial charge is 0.390 e. The number of nitrogens with zero attached hydrogens (tertiary/aromatic N) is 3. The molecular weight excluding hydrogens is 290 g/mol. The number of pyridine rings is 1. The van der Waals surface area contributed by atoms with Crippen LogP contribution in [0.1, 0.15) is 39.3 Å². The Balaban J connectivity index is 1.68. The third-order valence-electron chi connectivity index (χ3n) is 5.26. The molecule has 3 heterocycles. The van der Waals surface area contributed by atoms with Crippen LogP contribution in [-0.2, 0) is 4.74 Å². The van der Waals surface area contributed by atoms with E-state index in [-0.39, 0.29) is 17.7 Å². The number of hydrogen-bond donors (Lipinski definition) is 1. The molecule has 0 radical (unpaired) electrons. The van der Waals surface area contributed by atoms with Crippen molar-refractivity contribution in [2.24, 2.45) is 0 Å². The van der Waals surface area contributed by atoms with Crippen LogP contribution in [0.15, 0.2) is 18.3 Å². The minimum absolute atomic E-state index is 0.0663. The van der Waals surface area contributed by atoms with Crippen molar-refractivity contribution in [3.63, 3.8) is 0 Å². The van der Waals surface area contributed by atoms with Gasteiger partial charge >= 0.3 is 0 Å². The van der Waals surface area contributed by atoms with Crippen molar-refractivity contribution < 1.29 is 9.84 Å². The van der Waals surface area contributed by atoms with Crippen molar-refractivity contribution >= 4 is 5.69 Å². The second kappa shape index (κ2) is 6.38. The zero-order valence-electron chi connectivity index (χ0n) is 14.7. The van der Waals surface area contributed by atoms with Crippen LogP contribution in [0.2, 0.25) is 0 Å². The molecule has 128 valence electrons. The van der Waals surface area contributed by atoms with Gasteiger partial charge in [0.05, 0.1) is 30.7 Å². The molecule has 1 N–H and O–H groups in total. The first-order valence-corrected chi connectivity index (χ1v) is 8.63. The number of aliphatic hydroxyl groups excluding tert-OH is 1. The maximum absolute atomic E-state index is 9.58. The van der Waals surface area contributed by atoms with Gasteiger partial charge in [0.25, 0.3) is 0 Å². The highest BCUT2D eigenvalue weighted by Gasteiger charge is 2.44. The molecule has 0 spiro atoms. The predicted octanol–water partition coefficient (Wildman–Crippen LogP) is 1.87. The monoisotopic (exact) mass is 319 g/mol. The van der Waals surface area contributed by atoms with Gasteiger partial charge in [0.1, 0.15) is 0 Å². The Kier molecular flexibility index (Phi) is 4.63. The molecule has 0 bridgehead atoms. The number of aliphatic hydroxyl groups is 1. The molecular formula is C18H29N3O2. The van der Waals surface area contributed by atoms with E-state index in [0.29, 0.717) is 5.92 Å². The lowest BCUT2D eigenvalue weighted by molar-refractivity contribution is -0.121. The molecule has 2 aliphatic rings. The van der Waals surface area contributed by atoms with Gasteiger partial charge in [-0.25, -0.2) is 0 Å². The first-order valence-electron chi connectivity index (χ1n) is 8.63. The standard InChI is InChI=1S/C18H29N3O2/c1-13(2)16-6-5-14(9-19-16)20-7-8-23-17(12-20)18(3,4)21-10-15(22)11-21/h5-6,9,13,15,17,22H,7-8,10-12H2,1-4H3/t17-/m1/s1. The molecule has 0 aromatic carbocycles. The molecule has 1 atom stereocenters. The normalized spacial score (nSPS) is 24.1. The van der Waals surface area contributed by atoms with E-state index in [0.717, 1.165) is 38.5 Å². The zero-order chi connectivity index (χ0) is 16.6. The second-order valence-electron chi connectivity index (χ2n) is 7.61. The van der Waals surface area contributed by atoms with E-state index in [1.54, 1.807) is 0 Å². The van der Waals surface area contributed by atoms with Gasteiger partial charge in [0, 0.05) is 37.4 Å². The molecule has 1 aromatic heterocycles. The Morgan fingerprint density at radius 3 is 2.57 bits per heavy atom. The fourth-order valence-corrected chi connectivity index (χ4v) is 3.37. The number of likely N-dealkylation sites (tertiary alicyclic amines) is 1. The topological polar surface area (TPSA) is 48.8 Å². The molecule has 0 aliphatic carbocycles. The Bertz CT molecular complexity index is 524. The van der Waals surface area contributed by atoms with Gasteiger partial charge < -0.3 is 14.7 Å². The fraction of sp³-hybridized carbons (Fsp3) is 0.722. The summed E-state index contributed by atoms with van der Waals surface area (Å²) in [6, 6.07) is 4.30. The average molecular weight is 319 g/mol. The molecule has 2 aliphatic heterocycles. The number of β-amino-alcohol motifs (C(OH)–C–C–N with tert-alkyl or cyclic N) is 1. The predicted molar refractivity (Wildman–Crippen MR) is 91.9 cm³/mol. The van der Waals surface area contributed by atoms with Gasteiger partial charge in [-0.15, -0.1) is 0 Å². The summed E-state index contributed by atoms with van der Waals surface area (Å²) in [4.78, 5) is 9.26. The molecule has 0 saturated carbocycles. The van der Waals surface area contributed by atoms with E-state index >= 15 is 0 Å². The maximum atomic E-state index is 9.58. The van der Waals surface area contributed by atoms with Crippen molar-refractivity contribution in [1.29, 1.82) is 0 Å². The van der Waals surface area contributed by atoms with E-state index in [1.807, 2.05) is 6.20 Å². The first-order chi connectivity index (χ1) is 10.9. The van der Waals surface area contributed by atoms with Gasteiger partial charge in [0.2, 0.25) is 0 Å². The molecule has 3 rings (SSSR count). The molecule has 1 aromatic rings. The lowest BCUT2D eigenvalue weighted by Gasteiger charge is -2.52. The van der Waals surface area contributed by atoms with Crippen LogP contribution in [0.4, 0.5) is 5.69 Å². The van der Waals surface area contributed by atoms with Crippen LogP contribution in [0.25, 0.3) is 0 Å². The van der Waals surface area contributed by atoms with Crippen molar-refractivity contribution in [3.8, 4) is 0 Å². The molecule has 0 unspecified atom stereocenters. The third kappa shape index (κ3) is 3.37. The van der Waals surface area contributed by atoms with Crippen LogP contribution >= 0.6 is 0 Å². The summed E-state index contributed by atoms with van der Waals surface area (Å²) in [6.07, 6.45) is 1.94. The van der Waals surface area contributed by atoms with Gasteiger partial charge in [-0.05, 0) is 31.9 Å². The van der Waals surface area contributed by atoms with E-state index in [9.17, 15) is 5.11 Å². The zero-order valence-corrected chi connectivity index (χ0v) is 14.7. The van der Waals surface area contributed by atoms with Crippen molar-refractivity contribution in [2.75, 3.05) is 37.7 Å². The number of hydrogen-bond acceptors (Lipinski definition) is 5. The van der Waals surface area contributed by atoms with E-state index in [2.05, 4.69) is 54.6 Å². The summed E-state index contributed by atoms with van der Waals surface area (Å²) < 4.78 is 6.06. The first kappa shape index (κ1) is 16.7. The number of anilines is 1. The molecule has 5 heteroatoms. The minimum Gasteiger partial charge on any atom is -0.390 e. The smallest absolute Gasteiger partial charge is 0.0928 e. The lowest BCUT2D eigenvalue weighted by Crippen LogP contribution is -2.67. The Morgan fingerprint density at radius 1 is 1.26 bits per heavy atom. The van der Waals surface area contributed by atoms with Crippen LogP contribution in [0.5, 0.6) is 0 Å². The van der Waals surface area contributed by atoms with Crippen LogP contribution in [0.3, 0.4) is 0 Å². The van der Waals surface area contributed by atoms with E-state index in [1.165, 1.54) is 5.69 Å². The number of aromatic nitrogens is 1. The number of ether oxygens (including phenoxy) is 1. The Morgan fingerprint density at radius 2 is 2.00 bits per heavy atom. The van der Waals surface area contributed by atoms with Crippen molar-refractivity contribution in [1.82, 2.24) is 9.88 Å². The Labute approximate surface area is 139 Å². The highest BCUT2D eigenvalue weighted by Crippen LogP contribution is 2.30. The van der Waals surface area contributed by atoms with Crippen molar-refractivity contribution in [3.05, 3.63) is 24.0 Å². The third-order valence-corrected chi connectivity index (χ3v) is 5.26. The summed E-state index contributed by atoms with van der Waals surface area (Å²) in [7, 11) is 0. The summed E-state index contributed by atoms with van der Waals surface area (Å²) in [5.41, 5.74) is 2.24. The van der Waals surface area contributed by atoms with E-state index in [4.69, 9.17) is 4.74 Å². The molecule has 2 saturated heterocycles. The highest BCUT2D eigenvalue weighted by molar-refractivity contribution is 5.45. The van der Waals surface area contributed by atoms with Gasteiger partial charge in [-0.3, -0.25) is 9.88 Å². The number of rotatable bonds is 4.